The number of hydrogen-bond acceptors (Lipinski definition) is 6. The summed E-state index contributed by atoms with van der Waals surface area (Å²) in [5.41, 5.74) is 0. The van der Waals surface area contributed by atoms with Crippen molar-refractivity contribution in [2.24, 2.45) is 0 Å². The maximum Gasteiger partial charge on any atom is 0.362 e. The molecule has 0 saturated carbocycles. The van der Waals surface area contributed by atoms with E-state index in [2.05, 4.69) is 38.2 Å². The number of carboxylic acids is 1. The van der Waals surface area contributed by atoms with E-state index in [9.17, 15) is 19.5 Å². The summed E-state index contributed by atoms with van der Waals surface area (Å²) in [6, 6.07) is -0.614. The van der Waals surface area contributed by atoms with Crippen LogP contribution in [-0.4, -0.2) is 80.6 Å². The Balaban J connectivity index is 4.23. The van der Waals surface area contributed by atoms with Crippen LogP contribution in [0.25, 0.3) is 0 Å². The molecular weight excluding hydrogens is 763 g/mol. The van der Waals surface area contributed by atoms with E-state index in [-0.39, 0.29) is 36.2 Å². The van der Waals surface area contributed by atoms with Gasteiger partial charge in [0.1, 0.15) is 6.61 Å². The van der Waals surface area contributed by atoms with E-state index in [1.165, 1.54) is 167 Å². The molecule has 0 saturated heterocycles. The Labute approximate surface area is 377 Å². The van der Waals surface area contributed by atoms with Gasteiger partial charge in [0.15, 0.2) is 12.1 Å². The first-order valence-electron chi connectivity index (χ1n) is 25.9. The van der Waals surface area contributed by atoms with Crippen molar-refractivity contribution in [3.05, 3.63) is 24.3 Å². The lowest BCUT2D eigenvalue weighted by molar-refractivity contribution is -0.887. The Hall–Kier alpha value is -2.19. The molecule has 0 radical (unpaired) electrons. The highest BCUT2D eigenvalue weighted by molar-refractivity contribution is 5.72. The second-order valence-corrected chi connectivity index (χ2v) is 18.8. The SMILES string of the molecule is CCCCCCCCC/C=C\CCCCCCCC(=O)OCC(COCCC(C(=O)O)[N+](C)(C)C)OC(=O)CCCCCCCCCCC/C=C\CCCCCCCCCC. The van der Waals surface area contributed by atoms with Gasteiger partial charge in [0.05, 0.1) is 34.4 Å². The third kappa shape index (κ3) is 42.9. The monoisotopic (exact) mass is 863 g/mol. The zero-order chi connectivity index (χ0) is 44.9. The van der Waals surface area contributed by atoms with Gasteiger partial charge in [-0.2, -0.15) is 0 Å². The zero-order valence-corrected chi connectivity index (χ0v) is 40.9. The third-order valence-electron chi connectivity index (χ3n) is 11.8. The molecule has 0 amide bonds. The van der Waals surface area contributed by atoms with Crippen molar-refractivity contribution in [1.82, 2.24) is 0 Å². The van der Waals surface area contributed by atoms with E-state index in [0.29, 0.717) is 19.3 Å². The van der Waals surface area contributed by atoms with Gasteiger partial charge in [-0.15, -0.1) is 0 Å². The third-order valence-corrected chi connectivity index (χ3v) is 11.8. The number of quaternary nitrogens is 1. The van der Waals surface area contributed by atoms with Crippen molar-refractivity contribution in [2.75, 3.05) is 41.0 Å². The largest absolute Gasteiger partial charge is 0.477 e. The molecule has 2 unspecified atom stereocenters. The van der Waals surface area contributed by atoms with Gasteiger partial charge in [-0.1, -0.05) is 186 Å². The maximum absolute atomic E-state index is 12.8. The molecule has 0 aromatic heterocycles. The van der Waals surface area contributed by atoms with Gasteiger partial charge in [-0.3, -0.25) is 9.59 Å². The lowest BCUT2D eigenvalue weighted by Crippen LogP contribution is -2.50. The minimum Gasteiger partial charge on any atom is -0.477 e. The smallest absolute Gasteiger partial charge is 0.362 e. The highest BCUT2D eigenvalue weighted by Crippen LogP contribution is 2.15. The summed E-state index contributed by atoms with van der Waals surface area (Å²) in [4.78, 5) is 37.1. The Morgan fingerprint density at radius 2 is 0.820 bits per heavy atom. The molecule has 1 N–H and O–H groups in total. The average Bonchev–Trinajstić information content (AvgIpc) is 3.22. The van der Waals surface area contributed by atoms with E-state index in [1.807, 2.05) is 21.1 Å². The molecule has 0 aliphatic heterocycles. The van der Waals surface area contributed by atoms with Crippen molar-refractivity contribution < 1.29 is 38.2 Å². The number of aliphatic carboxylic acids is 1. The first-order chi connectivity index (χ1) is 29.6. The first-order valence-corrected chi connectivity index (χ1v) is 25.9. The Morgan fingerprint density at radius 1 is 0.475 bits per heavy atom. The van der Waals surface area contributed by atoms with Gasteiger partial charge in [0.2, 0.25) is 0 Å². The molecule has 0 rings (SSSR count). The highest BCUT2D eigenvalue weighted by atomic mass is 16.6. The molecule has 0 spiro atoms. The van der Waals surface area contributed by atoms with Crippen LogP contribution in [0.15, 0.2) is 24.3 Å². The minimum absolute atomic E-state index is 0.0525. The minimum atomic E-state index is -0.874. The number of unbranched alkanes of at least 4 members (excludes halogenated alkanes) is 29. The maximum atomic E-state index is 12.8. The number of ether oxygens (including phenoxy) is 3. The van der Waals surface area contributed by atoms with Gasteiger partial charge >= 0.3 is 17.9 Å². The van der Waals surface area contributed by atoms with Crippen molar-refractivity contribution in [2.45, 2.75) is 257 Å². The van der Waals surface area contributed by atoms with Gasteiger partial charge in [-0.25, -0.2) is 4.79 Å². The van der Waals surface area contributed by atoms with E-state index >= 15 is 0 Å². The Morgan fingerprint density at radius 3 is 1.18 bits per heavy atom. The number of likely N-dealkylation sites (N-methyl/N-ethyl adjacent to an activating group) is 1. The number of rotatable bonds is 47. The van der Waals surface area contributed by atoms with Crippen LogP contribution in [0, 0.1) is 0 Å². The summed E-state index contributed by atoms with van der Waals surface area (Å²) < 4.78 is 17.4. The summed E-state index contributed by atoms with van der Waals surface area (Å²) in [6.45, 7) is 4.76. The standard InChI is InChI=1S/C53H99NO7/c1-6-8-10-12-14-16-18-20-22-24-25-26-27-28-30-32-34-36-38-40-42-44-52(56)61-49(47-59-46-45-50(53(57)58)54(3,4)5)48-60-51(55)43-41-39-37-35-33-31-29-23-21-19-17-15-13-11-9-7-2/h23-25,29,49-50H,6-22,26-28,30-48H2,1-5H3/p+1/b25-24-,29-23-. The number of carbonyl (C=O) groups excluding carboxylic acids is 2. The van der Waals surface area contributed by atoms with Gasteiger partial charge in [0, 0.05) is 19.3 Å². The van der Waals surface area contributed by atoms with Crippen LogP contribution in [0.2, 0.25) is 0 Å². The van der Waals surface area contributed by atoms with Crippen LogP contribution in [0.3, 0.4) is 0 Å². The molecule has 0 aliphatic rings. The fraction of sp³-hybridized carbons (Fsp3) is 0.868. The number of allylic oxidation sites excluding steroid dienone is 4. The molecule has 0 fully saturated rings. The highest BCUT2D eigenvalue weighted by Gasteiger charge is 2.31. The van der Waals surface area contributed by atoms with Crippen LogP contribution >= 0.6 is 0 Å². The molecule has 0 aromatic rings. The van der Waals surface area contributed by atoms with Gasteiger partial charge in [0.25, 0.3) is 0 Å². The average molecular weight is 863 g/mol. The van der Waals surface area contributed by atoms with E-state index < -0.39 is 18.1 Å². The fourth-order valence-electron chi connectivity index (χ4n) is 7.79. The second-order valence-electron chi connectivity index (χ2n) is 18.8. The summed E-state index contributed by atoms with van der Waals surface area (Å²) in [7, 11) is 5.54. The summed E-state index contributed by atoms with van der Waals surface area (Å²) in [6.07, 6.45) is 50.8. The molecule has 2 atom stereocenters. The first kappa shape index (κ1) is 58.8. The Kier molecular flexibility index (Phi) is 42.8. The normalized spacial score (nSPS) is 13.0. The number of hydrogen-bond donors (Lipinski definition) is 1. The fourth-order valence-corrected chi connectivity index (χ4v) is 7.79. The molecule has 0 bridgehead atoms. The van der Waals surface area contributed by atoms with E-state index in [1.54, 1.807) is 0 Å². The summed E-state index contributed by atoms with van der Waals surface area (Å²) >= 11 is 0. The molecule has 8 nitrogen and oxygen atoms in total. The topological polar surface area (TPSA) is 99.1 Å². The predicted molar refractivity (Wildman–Crippen MR) is 257 cm³/mol. The molecule has 0 aliphatic carbocycles. The van der Waals surface area contributed by atoms with Crippen LogP contribution < -0.4 is 0 Å². The Bertz CT molecular complexity index is 1050. The zero-order valence-electron chi connectivity index (χ0n) is 40.9. The summed E-state index contributed by atoms with van der Waals surface area (Å²) in [5, 5.41) is 9.65. The van der Waals surface area contributed by atoms with Crippen molar-refractivity contribution in [3.8, 4) is 0 Å². The lowest BCUT2D eigenvalue weighted by Gasteiger charge is -2.31. The second kappa shape index (κ2) is 44.4. The van der Waals surface area contributed by atoms with Crippen LogP contribution in [0.4, 0.5) is 0 Å². The van der Waals surface area contributed by atoms with Crippen molar-refractivity contribution in [1.29, 1.82) is 0 Å². The molecule has 0 heterocycles. The molecule has 8 heteroatoms. The number of esters is 2. The predicted octanol–water partition coefficient (Wildman–Crippen LogP) is 14.8. The van der Waals surface area contributed by atoms with Gasteiger partial charge in [-0.05, 0) is 64.2 Å². The van der Waals surface area contributed by atoms with E-state index in [0.717, 1.165) is 44.9 Å². The van der Waals surface area contributed by atoms with Crippen molar-refractivity contribution >= 4 is 17.9 Å². The van der Waals surface area contributed by atoms with E-state index in [4.69, 9.17) is 14.2 Å². The molecule has 0 aromatic carbocycles. The van der Waals surface area contributed by atoms with Crippen molar-refractivity contribution in [3.63, 3.8) is 0 Å². The number of nitrogens with zero attached hydrogens (tertiary/aromatic N) is 1. The number of carbonyl (C=O) groups is 3. The molecular formula is C53H100NO7+. The summed E-state index contributed by atoms with van der Waals surface area (Å²) in [5.74, 6) is -1.47. The van der Waals surface area contributed by atoms with Crippen LogP contribution in [-0.2, 0) is 28.6 Å². The lowest BCUT2D eigenvalue weighted by atomic mass is 10.1. The van der Waals surface area contributed by atoms with Crippen LogP contribution in [0.5, 0.6) is 0 Å². The van der Waals surface area contributed by atoms with Gasteiger partial charge < -0.3 is 23.8 Å². The number of carboxylic acid groups (broad SMARTS) is 1. The molecule has 61 heavy (non-hydrogen) atoms. The quantitative estimate of drug-likeness (QED) is 0.0281. The molecule has 358 valence electrons. The van der Waals surface area contributed by atoms with Crippen LogP contribution in [0.1, 0.15) is 245 Å².